The van der Waals surface area contributed by atoms with E-state index in [9.17, 15) is 20.0 Å². The van der Waals surface area contributed by atoms with Gasteiger partial charge in [0.25, 0.3) is 0 Å². The van der Waals surface area contributed by atoms with E-state index in [2.05, 4.69) is 0 Å². The van der Waals surface area contributed by atoms with Crippen molar-refractivity contribution in [3.05, 3.63) is 27.8 Å². The number of hydrogen-bond donors (Lipinski definition) is 1. The van der Waals surface area contributed by atoms with Crippen LogP contribution < -0.4 is 4.74 Å². The number of nitrogens with zero attached hydrogens (tertiary/aromatic N) is 1. The van der Waals surface area contributed by atoms with Gasteiger partial charge in [0, 0.05) is 12.8 Å². The number of rotatable bonds is 3. The maximum atomic E-state index is 10.8. The first-order valence-electron chi connectivity index (χ1n) is 4.73. The van der Waals surface area contributed by atoms with E-state index in [1.54, 1.807) is 0 Å². The molecule has 1 aromatic carbocycles. The largest absolute Gasteiger partial charge is 0.502 e. The van der Waals surface area contributed by atoms with Crippen LogP contribution >= 0.6 is 0 Å². The van der Waals surface area contributed by atoms with Crippen LogP contribution in [0.25, 0.3) is 0 Å². The Kier molecular flexibility index (Phi) is 2.47. The lowest BCUT2D eigenvalue weighted by molar-refractivity contribution is -0.386. The lowest BCUT2D eigenvalue weighted by atomic mass is 10.1. The van der Waals surface area contributed by atoms with Gasteiger partial charge in [0.1, 0.15) is 18.1 Å². The predicted octanol–water partition coefficient (Wildman–Crippen LogP) is 1.19. The van der Waals surface area contributed by atoms with Crippen molar-refractivity contribution < 1.29 is 19.6 Å². The monoisotopic (exact) mass is 223 g/mol. The topological polar surface area (TPSA) is 89.7 Å². The summed E-state index contributed by atoms with van der Waals surface area (Å²) in [7, 11) is 0. The molecule has 0 aliphatic carbocycles. The van der Waals surface area contributed by atoms with Gasteiger partial charge in [0.05, 0.1) is 10.5 Å². The highest BCUT2D eigenvalue weighted by atomic mass is 16.6. The highest BCUT2D eigenvalue weighted by molar-refractivity contribution is 5.61. The highest BCUT2D eigenvalue weighted by Crippen LogP contribution is 2.41. The van der Waals surface area contributed by atoms with Gasteiger partial charge in [-0.1, -0.05) is 0 Å². The van der Waals surface area contributed by atoms with Gasteiger partial charge in [-0.25, -0.2) is 0 Å². The number of nitro groups is 1. The van der Waals surface area contributed by atoms with E-state index in [0.29, 0.717) is 17.6 Å². The summed E-state index contributed by atoms with van der Waals surface area (Å²) in [6.45, 7) is 0. The molecule has 1 aliphatic rings. The zero-order valence-corrected chi connectivity index (χ0v) is 8.25. The van der Waals surface area contributed by atoms with E-state index in [4.69, 9.17) is 4.74 Å². The van der Waals surface area contributed by atoms with Crippen LogP contribution in [0.4, 0.5) is 5.69 Å². The van der Waals surface area contributed by atoms with Crippen molar-refractivity contribution >= 4 is 12.0 Å². The molecule has 0 amide bonds. The molecular weight excluding hydrogens is 214 g/mol. The Balaban J connectivity index is 2.41. The van der Waals surface area contributed by atoms with Crippen molar-refractivity contribution in [3.8, 4) is 11.5 Å². The van der Waals surface area contributed by atoms with Crippen molar-refractivity contribution in [3.63, 3.8) is 0 Å². The predicted molar refractivity (Wildman–Crippen MR) is 53.6 cm³/mol. The third-order valence-corrected chi connectivity index (χ3v) is 2.49. The normalized spacial score (nSPS) is 17.6. The molecular formula is C10H9NO5. The summed E-state index contributed by atoms with van der Waals surface area (Å²) in [6.07, 6.45) is 0.807. The first kappa shape index (κ1) is 10.4. The summed E-state index contributed by atoms with van der Waals surface area (Å²) in [5.41, 5.74) is 0.0303. The Morgan fingerprint density at radius 1 is 1.62 bits per heavy atom. The van der Waals surface area contributed by atoms with Crippen LogP contribution in [0.5, 0.6) is 11.5 Å². The minimum atomic E-state index is -0.638. The van der Waals surface area contributed by atoms with E-state index in [1.807, 2.05) is 0 Å². The molecule has 0 saturated heterocycles. The standard InChI is InChI=1S/C10H9NO5/c12-4-3-6-5-7-9(16-6)2-1-8(13)10(7)11(14)15/h1-2,4,6,13H,3,5H2. The molecule has 84 valence electrons. The molecule has 0 saturated carbocycles. The molecule has 0 aromatic heterocycles. The molecule has 0 spiro atoms. The van der Waals surface area contributed by atoms with Gasteiger partial charge in [-0.3, -0.25) is 10.1 Å². The fourth-order valence-corrected chi connectivity index (χ4v) is 1.80. The summed E-state index contributed by atoms with van der Waals surface area (Å²) in [5, 5.41) is 20.2. The molecule has 0 radical (unpaired) electrons. The third-order valence-electron chi connectivity index (χ3n) is 2.49. The van der Waals surface area contributed by atoms with Crippen molar-refractivity contribution in [2.24, 2.45) is 0 Å². The van der Waals surface area contributed by atoms with Crippen LogP contribution in [0.15, 0.2) is 12.1 Å². The molecule has 6 heteroatoms. The van der Waals surface area contributed by atoms with Crippen LogP contribution in [0.1, 0.15) is 12.0 Å². The van der Waals surface area contributed by atoms with Crippen molar-refractivity contribution in [1.82, 2.24) is 0 Å². The Hall–Kier alpha value is -2.11. The van der Waals surface area contributed by atoms with Gasteiger partial charge in [-0.2, -0.15) is 0 Å². The molecule has 1 heterocycles. The summed E-state index contributed by atoms with van der Waals surface area (Å²) < 4.78 is 5.35. The highest BCUT2D eigenvalue weighted by Gasteiger charge is 2.32. The SMILES string of the molecule is O=CCC1Cc2c(ccc(O)c2[N+](=O)[O-])O1. The number of aromatic hydroxyl groups is 1. The van der Waals surface area contributed by atoms with Gasteiger partial charge < -0.3 is 14.6 Å². The van der Waals surface area contributed by atoms with Crippen LogP contribution in [-0.4, -0.2) is 22.4 Å². The molecule has 6 nitrogen and oxygen atoms in total. The van der Waals surface area contributed by atoms with Gasteiger partial charge in [-0.15, -0.1) is 0 Å². The average molecular weight is 223 g/mol. The lowest BCUT2D eigenvalue weighted by Crippen LogP contribution is -2.12. The minimum Gasteiger partial charge on any atom is -0.502 e. The molecule has 1 atom stereocenters. The number of nitro benzene ring substituents is 1. The number of phenolic OH excluding ortho intramolecular Hbond substituents is 1. The number of carbonyl (C=O) groups is 1. The Morgan fingerprint density at radius 3 is 3.00 bits per heavy atom. The smallest absolute Gasteiger partial charge is 0.317 e. The van der Waals surface area contributed by atoms with E-state index in [1.165, 1.54) is 12.1 Å². The van der Waals surface area contributed by atoms with Crippen LogP contribution in [0, 0.1) is 10.1 Å². The number of hydrogen-bond acceptors (Lipinski definition) is 5. The first-order valence-corrected chi connectivity index (χ1v) is 4.73. The first-order chi connectivity index (χ1) is 7.63. The Morgan fingerprint density at radius 2 is 2.38 bits per heavy atom. The second-order valence-electron chi connectivity index (χ2n) is 3.51. The Labute approximate surface area is 90.6 Å². The van der Waals surface area contributed by atoms with Gasteiger partial charge in [0.2, 0.25) is 0 Å². The summed E-state index contributed by atoms with van der Waals surface area (Å²) in [5.74, 6) is -0.00421. The van der Waals surface area contributed by atoms with Crippen LogP contribution in [0.3, 0.4) is 0 Å². The zero-order chi connectivity index (χ0) is 11.7. The summed E-state index contributed by atoms with van der Waals surface area (Å²) >= 11 is 0. The van der Waals surface area contributed by atoms with Crippen LogP contribution in [-0.2, 0) is 11.2 Å². The molecule has 2 rings (SSSR count). The maximum Gasteiger partial charge on any atom is 0.317 e. The number of fused-ring (bicyclic) bond motifs is 1. The summed E-state index contributed by atoms with van der Waals surface area (Å²) in [6, 6.07) is 2.70. The van der Waals surface area contributed by atoms with Crippen molar-refractivity contribution in [2.45, 2.75) is 18.9 Å². The minimum absolute atomic E-state index is 0.187. The fourth-order valence-electron chi connectivity index (χ4n) is 1.80. The number of benzene rings is 1. The Bertz CT molecular complexity index is 457. The second-order valence-corrected chi connectivity index (χ2v) is 3.51. The number of phenols is 1. The van der Waals surface area contributed by atoms with E-state index in [0.717, 1.165) is 0 Å². The third kappa shape index (κ3) is 1.58. The van der Waals surface area contributed by atoms with Gasteiger partial charge in [-0.05, 0) is 12.1 Å². The van der Waals surface area contributed by atoms with Gasteiger partial charge >= 0.3 is 5.69 Å². The number of aldehydes is 1. The van der Waals surface area contributed by atoms with Gasteiger partial charge in [0.15, 0.2) is 5.75 Å². The zero-order valence-electron chi connectivity index (χ0n) is 8.25. The summed E-state index contributed by atoms with van der Waals surface area (Å²) in [4.78, 5) is 20.5. The molecule has 0 bridgehead atoms. The van der Waals surface area contributed by atoms with E-state index >= 15 is 0 Å². The molecule has 16 heavy (non-hydrogen) atoms. The van der Waals surface area contributed by atoms with E-state index in [-0.39, 0.29) is 30.4 Å². The molecule has 0 fully saturated rings. The molecule has 1 unspecified atom stereocenters. The van der Waals surface area contributed by atoms with Crippen molar-refractivity contribution in [1.29, 1.82) is 0 Å². The van der Waals surface area contributed by atoms with Crippen molar-refractivity contribution in [2.75, 3.05) is 0 Å². The average Bonchev–Trinajstić information content (AvgIpc) is 2.59. The number of ether oxygens (including phenoxy) is 1. The lowest BCUT2D eigenvalue weighted by Gasteiger charge is -2.04. The fraction of sp³-hybridized carbons (Fsp3) is 0.300. The van der Waals surface area contributed by atoms with Crippen LogP contribution in [0.2, 0.25) is 0 Å². The maximum absolute atomic E-state index is 10.8. The quantitative estimate of drug-likeness (QED) is 0.472. The molecule has 1 N–H and O–H groups in total. The molecule has 1 aliphatic heterocycles. The number of carbonyl (C=O) groups excluding carboxylic acids is 1. The van der Waals surface area contributed by atoms with E-state index < -0.39 is 4.92 Å². The second kappa shape index (κ2) is 3.80. The molecule has 1 aromatic rings.